The number of benzene rings is 1. The Morgan fingerprint density at radius 1 is 1.21 bits per heavy atom. The number of aromatic nitrogens is 1. The zero-order valence-corrected chi connectivity index (χ0v) is 17.2. The van der Waals surface area contributed by atoms with Crippen LogP contribution in [0.3, 0.4) is 0 Å². The average Bonchev–Trinajstić information content (AvgIpc) is 3.55. The van der Waals surface area contributed by atoms with Gasteiger partial charge in [0.2, 0.25) is 0 Å². The summed E-state index contributed by atoms with van der Waals surface area (Å²) in [5.74, 6) is 1.22. The predicted molar refractivity (Wildman–Crippen MR) is 113 cm³/mol. The lowest BCUT2D eigenvalue weighted by Gasteiger charge is -2.19. The zero-order chi connectivity index (χ0) is 20.4. The van der Waals surface area contributed by atoms with E-state index in [1.54, 1.807) is 19.0 Å². The van der Waals surface area contributed by atoms with Crippen molar-refractivity contribution in [2.45, 2.75) is 32.2 Å². The van der Waals surface area contributed by atoms with E-state index in [-0.39, 0.29) is 11.7 Å². The SMILES string of the molecule is CN(C)C(=O)c1cc2c(nc1NCC1CC1)CCN(Cc1ccc(F)cc1)CC2. The van der Waals surface area contributed by atoms with E-state index in [9.17, 15) is 9.18 Å². The van der Waals surface area contributed by atoms with Gasteiger partial charge in [0, 0.05) is 52.4 Å². The molecule has 5 nitrogen and oxygen atoms in total. The third-order valence-corrected chi connectivity index (χ3v) is 5.76. The first-order chi connectivity index (χ1) is 14.0. The fourth-order valence-corrected chi connectivity index (χ4v) is 3.79. The third-order valence-electron chi connectivity index (χ3n) is 5.76. The Kier molecular flexibility index (Phi) is 5.81. The van der Waals surface area contributed by atoms with Crippen molar-refractivity contribution >= 4 is 11.7 Å². The second-order valence-electron chi connectivity index (χ2n) is 8.42. The summed E-state index contributed by atoms with van der Waals surface area (Å²) in [6, 6.07) is 8.76. The Morgan fingerprint density at radius 3 is 2.62 bits per heavy atom. The van der Waals surface area contributed by atoms with E-state index < -0.39 is 0 Å². The van der Waals surface area contributed by atoms with Crippen LogP contribution < -0.4 is 5.32 Å². The number of rotatable bonds is 6. The van der Waals surface area contributed by atoms with Crippen LogP contribution in [0, 0.1) is 11.7 Å². The van der Waals surface area contributed by atoms with Gasteiger partial charge in [0.15, 0.2) is 0 Å². The van der Waals surface area contributed by atoms with Gasteiger partial charge in [-0.2, -0.15) is 0 Å². The molecule has 1 aliphatic carbocycles. The van der Waals surface area contributed by atoms with E-state index in [1.165, 1.54) is 25.0 Å². The van der Waals surface area contributed by atoms with Crippen LogP contribution in [0.1, 0.15) is 40.0 Å². The van der Waals surface area contributed by atoms with Crippen LogP contribution in [0.5, 0.6) is 0 Å². The van der Waals surface area contributed by atoms with Crippen LogP contribution in [0.15, 0.2) is 30.3 Å². The van der Waals surface area contributed by atoms with Crippen molar-refractivity contribution in [1.82, 2.24) is 14.8 Å². The molecule has 0 bridgehead atoms. The fraction of sp³-hybridized carbons (Fsp3) is 0.478. The molecule has 2 aromatic rings. The Hall–Kier alpha value is -2.47. The molecule has 2 aliphatic rings. The lowest BCUT2D eigenvalue weighted by Crippen LogP contribution is -2.25. The number of amides is 1. The maximum Gasteiger partial charge on any atom is 0.257 e. The normalized spacial score (nSPS) is 16.8. The van der Waals surface area contributed by atoms with Crippen molar-refractivity contribution in [3.05, 3.63) is 58.5 Å². The molecule has 0 radical (unpaired) electrons. The highest BCUT2D eigenvalue weighted by molar-refractivity contribution is 5.98. The standard InChI is InChI=1S/C23H29FN4O/c1-27(2)23(29)20-13-18-9-11-28(15-17-5-7-19(24)8-6-17)12-10-21(18)26-22(20)25-14-16-3-4-16/h5-8,13,16H,3-4,9-12,14-15H2,1-2H3,(H,25,26). The highest BCUT2D eigenvalue weighted by Gasteiger charge is 2.25. The van der Waals surface area contributed by atoms with Crippen molar-refractivity contribution in [3.63, 3.8) is 0 Å². The highest BCUT2D eigenvalue weighted by Crippen LogP contribution is 2.30. The van der Waals surface area contributed by atoms with Gasteiger partial charge in [0.25, 0.3) is 5.91 Å². The first-order valence-corrected chi connectivity index (χ1v) is 10.4. The number of hydrogen-bond donors (Lipinski definition) is 1. The maximum atomic E-state index is 13.2. The molecule has 154 valence electrons. The van der Waals surface area contributed by atoms with E-state index in [4.69, 9.17) is 4.98 Å². The minimum absolute atomic E-state index is 0.00832. The molecule has 1 fully saturated rings. The van der Waals surface area contributed by atoms with Crippen LogP contribution in [-0.4, -0.2) is 54.4 Å². The lowest BCUT2D eigenvalue weighted by molar-refractivity contribution is 0.0828. The Morgan fingerprint density at radius 2 is 1.93 bits per heavy atom. The molecule has 1 aliphatic heterocycles. The number of carbonyl (C=O) groups excluding carboxylic acids is 1. The predicted octanol–water partition coefficient (Wildman–Crippen LogP) is 3.35. The number of halogens is 1. The van der Waals surface area contributed by atoms with Gasteiger partial charge in [-0.15, -0.1) is 0 Å². The van der Waals surface area contributed by atoms with Gasteiger partial charge < -0.3 is 10.2 Å². The van der Waals surface area contributed by atoms with Crippen LogP contribution >= 0.6 is 0 Å². The molecule has 0 spiro atoms. The molecule has 1 saturated carbocycles. The van der Waals surface area contributed by atoms with Gasteiger partial charge in [-0.05, 0) is 54.5 Å². The van der Waals surface area contributed by atoms with Crippen LogP contribution in [0.25, 0.3) is 0 Å². The van der Waals surface area contributed by atoms with E-state index in [2.05, 4.69) is 10.2 Å². The summed E-state index contributed by atoms with van der Waals surface area (Å²) in [5, 5.41) is 3.43. The maximum absolute atomic E-state index is 13.2. The van der Waals surface area contributed by atoms with E-state index in [0.29, 0.717) is 11.5 Å². The van der Waals surface area contributed by atoms with Gasteiger partial charge in [-0.25, -0.2) is 9.37 Å². The Bertz CT molecular complexity index is 877. The van der Waals surface area contributed by atoms with Gasteiger partial charge in [0.05, 0.1) is 5.56 Å². The number of hydrogen-bond acceptors (Lipinski definition) is 4. The number of pyridine rings is 1. The molecule has 4 rings (SSSR count). The molecule has 0 saturated heterocycles. The van der Waals surface area contributed by atoms with Gasteiger partial charge >= 0.3 is 0 Å². The molecular weight excluding hydrogens is 367 g/mol. The second-order valence-corrected chi connectivity index (χ2v) is 8.42. The van der Waals surface area contributed by atoms with Crippen molar-refractivity contribution < 1.29 is 9.18 Å². The van der Waals surface area contributed by atoms with Gasteiger partial charge in [0.1, 0.15) is 11.6 Å². The highest BCUT2D eigenvalue weighted by atomic mass is 19.1. The van der Waals surface area contributed by atoms with E-state index in [1.807, 2.05) is 18.2 Å². The van der Waals surface area contributed by atoms with Crippen LogP contribution in [-0.2, 0) is 19.4 Å². The topological polar surface area (TPSA) is 48.5 Å². The van der Waals surface area contributed by atoms with Crippen molar-refractivity contribution in [2.75, 3.05) is 39.0 Å². The number of anilines is 1. The largest absolute Gasteiger partial charge is 0.369 e. The summed E-state index contributed by atoms with van der Waals surface area (Å²) in [6.07, 6.45) is 4.23. The molecule has 1 aromatic heterocycles. The molecule has 0 unspecified atom stereocenters. The molecule has 1 N–H and O–H groups in total. The summed E-state index contributed by atoms with van der Waals surface area (Å²) in [4.78, 5) is 21.6. The molecule has 2 heterocycles. The first kappa shape index (κ1) is 19.8. The van der Waals surface area contributed by atoms with Crippen molar-refractivity contribution in [3.8, 4) is 0 Å². The zero-order valence-electron chi connectivity index (χ0n) is 17.2. The summed E-state index contributed by atoms with van der Waals surface area (Å²) < 4.78 is 13.2. The second kappa shape index (κ2) is 8.49. The fourth-order valence-electron chi connectivity index (χ4n) is 3.79. The van der Waals surface area contributed by atoms with Crippen LogP contribution in [0.2, 0.25) is 0 Å². The smallest absolute Gasteiger partial charge is 0.257 e. The van der Waals surface area contributed by atoms with Crippen molar-refractivity contribution in [2.24, 2.45) is 5.92 Å². The first-order valence-electron chi connectivity index (χ1n) is 10.4. The summed E-state index contributed by atoms with van der Waals surface area (Å²) in [7, 11) is 3.56. The lowest BCUT2D eigenvalue weighted by atomic mass is 10.0. The van der Waals surface area contributed by atoms with Crippen LogP contribution in [0.4, 0.5) is 10.2 Å². The molecule has 1 amide bonds. The molecule has 29 heavy (non-hydrogen) atoms. The summed E-state index contributed by atoms with van der Waals surface area (Å²) in [5.41, 5.74) is 4.02. The quantitative estimate of drug-likeness (QED) is 0.814. The van der Waals surface area contributed by atoms with Gasteiger partial charge in [-0.1, -0.05) is 12.1 Å². The average molecular weight is 397 g/mol. The molecular formula is C23H29FN4O. The monoisotopic (exact) mass is 396 g/mol. The minimum atomic E-state index is -0.203. The van der Waals surface area contributed by atoms with Crippen molar-refractivity contribution in [1.29, 1.82) is 0 Å². The summed E-state index contributed by atoms with van der Waals surface area (Å²) in [6.45, 7) is 3.48. The number of nitrogens with zero attached hydrogens (tertiary/aromatic N) is 3. The summed E-state index contributed by atoms with van der Waals surface area (Å²) >= 11 is 0. The number of nitrogens with one attached hydrogen (secondary N) is 1. The van der Waals surface area contributed by atoms with E-state index >= 15 is 0 Å². The third kappa shape index (κ3) is 4.93. The molecule has 0 atom stereocenters. The molecule has 1 aromatic carbocycles. The number of fused-ring (bicyclic) bond motifs is 1. The number of carbonyl (C=O) groups is 1. The minimum Gasteiger partial charge on any atom is -0.369 e. The Balaban J connectivity index is 1.52. The Labute approximate surface area is 171 Å². The molecule has 6 heteroatoms. The van der Waals surface area contributed by atoms with E-state index in [0.717, 1.165) is 61.7 Å². The van der Waals surface area contributed by atoms with Gasteiger partial charge in [-0.3, -0.25) is 9.69 Å².